The minimum Gasteiger partial charge on any atom is -0.226 e. The third kappa shape index (κ3) is 3.45. The Bertz CT molecular complexity index is 369. The van der Waals surface area contributed by atoms with E-state index in [2.05, 4.69) is 46.7 Å². The molecule has 0 amide bonds. The second-order valence-electron chi connectivity index (χ2n) is 4.88. The van der Waals surface area contributed by atoms with E-state index in [1.807, 2.05) is 6.07 Å². The van der Waals surface area contributed by atoms with E-state index >= 15 is 0 Å². The second-order valence-corrected chi connectivity index (χ2v) is 7.54. The molecule has 1 aromatic heterocycles. The van der Waals surface area contributed by atoms with Crippen molar-refractivity contribution in [2.75, 3.05) is 0 Å². The molecule has 0 radical (unpaired) electrons. The molecule has 1 saturated carbocycles. The van der Waals surface area contributed by atoms with Crippen LogP contribution in [0.15, 0.2) is 15.7 Å². The number of aromatic nitrogens is 2. The van der Waals surface area contributed by atoms with Crippen LogP contribution in [0.4, 0.5) is 0 Å². The Balaban J connectivity index is 2.23. The number of hydrogen-bond acceptors (Lipinski definition) is 3. The highest BCUT2D eigenvalue weighted by atomic mass is 79.9. The first-order valence-electron chi connectivity index (χ1n) is 5.17. The lowest BCUT2D eigenvalue weighted by atomic mass is 10.3. The van der Waals surface area contributed by atoms with Crippen molar-refractivity contribution in [1.29, 1.82) is 0 Å². The summed E-state index contributed by atoms with van der Waals surface area (Å²) in [4.78, 5) is 9.02. The molecule has 1 fully saturated rings. The lowest BCUT2D eigenvalue weighted by Gasteiger charge is -2.17. The second kappa shape index (κ2) is 4.06. The highest BCUT2D eigenvalue weighted by Crippen LogP contribution is 2.40. The van der Waals surface area contributed by atoms with Crippen LogP contribution in [-0.4, -0.2) is 14.7 Å². The molecule has 4 heteroatoms. The molecule has 1 heterocycles. The van der Waals surface area contributed by atoms with Gasteiger partial charge in [-0.05, 0) is 28.8 Å². The van der Waals surface area contributed by atoms with E-state index in [0.717, 1.165) is 15.5 Å². The lowest BCUT2D eigenvalue weighted by Crippen LogP contribution is -2.08. The monoisotopic (exact) mass is 286 g/mol. The Morgan fingerprint density at radius 1 is 1.33 bits per heavy atom. The molecule has 0 unspecified atom stereocenters. The maximum absolute atomic E-state index is 4.60. The quantitative estimate of drug-likeness (QED) is 0.607. The molecule has 0 atom stereocenters. The van der Waals surface area contributed by atoms with Gasteiger partial charge in [0.05, 0.1) is 0 Å². The first-order valence-corrected chi connectivity index (χ1v) is 6.78. The van der Waals surface area contributed by atoms with Gasteiger partial charge in [-0.15, -0.1) is 11.8 Å². The van der Waals surface area contributed by atoms with Crippen molar-refractivity contribution in [2.24, 2.45) is 0 Å². The van der Waals surface area contributed by atoms with Gasteiger partial charge in [-0.1, -0.05) is 20.8 Å². The Morgan fingerprint density at radius 3 is 2.53 bits per heavy atom. The maximum atomic E-state index is 4.60. The molecular weight excluding hydrogens is 272 g/mol. The van der Waals surface area contributed by atoms with Crippen LogP contribution in [-0.2, 0) is 0 Å². The molecule has 1 aliphatic carbocycles. The molecule has 0 aromatic carbocycles. The fraction of sp³-hybridized carbons (Fsp3) is 0.636. The van der Waals surface area contributed by atoms with Gasteiger partial charge >= 0.3 is 0 Å². The van der Waals surface area contributed by atoms with Crippen LogP contribution in [0, 0.1) is 0 Å². The van der Waals surface area contributed by atoms with Crippen molar-refractivity contribution < 1.29 is 0 Å². The molecule has 0 bridgehead atoms. The van der Waals surface area contributed by atoms with Gasteiger partial charge in [0.2, 0.25) is 0 Å². The minimum absolute atomic E-state index is 0.203. The summed E-state index contributed by atoms with van der Waals surface area (Å²) in [6.45, 7) is 6.60. The summed E-state index contributed by atoms with van der Waals surface area (Å²) in [5, 5.41) is 1.08. The van der Waals surface area contributed by atoms with Crippen molar-refractivity contribution in [2.45, 2.75) is 49.3 Å². The number of halogens is 1. The smallest absolute Gasteiger partial charge is 0.134 e. The summed E-state index contributed by atoms with van der Waals surface area (Å²) < 4.78 is 1.11. The van der Waals surface area contributed by atoms with E-state index in [1.165, 1.54) is 12.8 Å². The van der Waals surface area contributed by atoms with Crippen molar-refractivity contribution in [3.8, 4) is 0 Å². The molecule has 0 saturated heterocycles. The third-order valence-corrected chi connectivity index (χ3v) is 3.48. The lowest BCUT2D eigenvalue weighted by molar-refractivity contribution is 0.792. The molecule has 1 aromatic rings. The van der Waals surface area contributed by atoms with E-state index in [1.54, 1.807) is 11.8 Å². The van der Waals surface area contributed by atoms with Gasteiger partial charge in [-0.25, -0.2) is 9.97 Å². The molecule has 0 aliphatic heterocycles. The average molecular weight is 287 g/mol. The zero-order valence-electron chi connectivity index (χ0n) is 9.25. The van der Waals surface area contributed by atoms with Crippen LogP contribution in [0.3, 0.4) is 0 Å². The first-order chi connectivity index (χ1) is 6.94. The fourth-order valence-corrected chi connectivity index (χ4v) is 2.79. The molecule has 0 N–H and O–H groups in total. The maximum Gasteiger partial charge on any atom is 0.134 e. The fourth-order valence-electron chi connectivity index (χ4n) is 1.30. The standard InChI is InChI=1S/C11H15BrN2S/c1-11(2,3)15-9-6-8(12)13-10(14-9)7-4-5-7/h6-7H,4-5H2,1-3H3. The number of rotatable bonds is 2. The molecule has 15 heavy (non-hydrogen) atoms. The largest absolute Gasteiger partial charge is 0.226 e. The van der Waals surface area contributed by atoms with Gasteiger partial charge < -0.3 is 0 Å². The molecule has 2 rings (SSSR count). The van der Waals surface area contributed by atoms with Crippen molar-refractivity contribution in [1.82, 2.24) is 9.97 Å². The van der Waals surface area contributed by atoms with Crippen LogP contribution in [0.1, 0.15) is 45.4 Å². The Kier molecular flexibility index (Phi) is 3.08. The molecule has 1 aliphatic rings. The van der Waals surface area contributed by atoms with Gasteiger partial charge in [-0.3, -0.25) is 0 Å². The van der Waals surface area contributed by atoms with Gasteiger partial charge in [0, 0.05) is 16.7 Å². The topological polar surface area (TPSA) is 25.8 Å². The Hall–Kier alpha value is -0.0900. The summed E-state index contributed by atoms with van der Waals surface area (Å²) in [5.41, 5.74) is 0. The van der Waals surface area contributed by atoms with Gasteiger partial charge in [-0.2, -0.15) is 0 Å². The highest BCUT2D eigenvalue weighted by Gasteiger charge is 2.27. The van der Waals surface area contributed by atoms with Crippen LogP contribution in [0.5, 0.6) is 0 Å². The Morgan fingerprint density at radius 2 is 2.00 bits per heavy atom. The third-order valence-electron chi connectivity index (χ3n) is 2.04. The van der Waals surface area contributed by atoms with E-state index in [0.29, 0.717) is 5.92 Å². The summed E-state index contributed by atoms with van der Waals surface area (Å²) in [5.74, 6) is 1.62. The summed E-state index contributed by atoms with van der Waals surface area (Å²) in [6.07, 6.45) is 2.49. The van der Waals surface area contributed by atoms with Gasteiger partial charge in [0.15, 0.2) is 0 Å². The van der Waals surface area contributed by atoms with Crippen molar-refractivity contribution in [3.05, 3.63) is 16.5 Å². The van der Waals surface area contributed by atoms with E-state index < -0.39 is 0 Å². The first kappa shape index (κ1) is 11.4. The van der Waals surface area contributed by atoms with E-state index in [4.69, 9.17) is 0 Å². The minimum atomic E-state index is 0.203. The average Bonchev–Trinajstić information content (AvgIpc) is 2.80. The van der Waals surface area contributed by atoms with Crippen molar-refractivity contribution in [3.63, 3.8) is 0 Å². The van der Waals surface area contributed by atoms with Gasteiger partial charge in [0.1, 0.15) is 15.5 Å². The summed E-state index contributed by atoms with van der Waals surface area (Å²) >= 11 is 5.25. The van der Waals surface area contributed by atoms with Crippen LogP contribution in [0.2, 0.25) is 0 Å². The van der Waals surface area contributed by atoms with Crippen LogP contribution < -0.4 is 0 Å². The van der Waals surface area contributed by atoms with Crippen molar-refractivity contribution >= 4 is 27.7 Å². The zero-order chi connectivity index (χ0) is 11.1. The van der Waals surface area contributed by atoms with Crippen LogP contribution in [0.25, 0.3) is 0 Å². The molecular formula is C11H15BrN2S. The highest BCUT2D eigenvalue weighted by molar-refractivity contribution is 9.10. The molecule has 0 spiro atoms. The van der Waals surface area contributed by atoms with Gasteiger partial charge in [0.25, 0.3) is 0 Å². The SMILES string of the molecule is CC(C)(C)Sc1cc(Br)nc(C2CC2)n1. The molecule has 82 valence electrons. The normalized spacial score (nSPS) is 16.8. The number of thioether (sulfide) groups is 1. The summed E-state index contributed by atoms with van der Waals surface area (Å²) in [7, 11) is 0. The molecule has 2 nitrogen and oxygen atoms in total. The Labute approximate surface area is 103 Å². The van der Waals surface area contributed by atoms with E-state index in [-0.39, 0.29) is 4.75 Å². The predicted molar refractivity (Wildman–Crippen MR) is 67.3 cm³/mol. The zero-order valence-corrected chi connectivity index (χ0v) is 11.7. The predicted octanol–water partition coefficient (Wildman–Crippen LogP) is 4.01. The van der Waals surface area contributed by atoms with Crippen LogP contribution >= 0.6 is 27.7 Å². The van der Waals surface area contributed by atoms with E-state index in [9.17, 15) is 0 Å². The number of nitrogens with zero attached hydrogens (tertiary/aromatic N) is 2. The number of hydrogen-bond donors (Lipinski definition) is 0. The summed E-state index contributed by atoms with van der Waals surface area (Å²) in [6, 6.07) is 2.00.